The van der Waals surface area contributed by atoms with Gasteiger partial charge in [0.15, 0.2) is 0 Å². The number of nitrogens with one attached hydrogen (secondary N) is 1. The second-order valence-electron chi connectivity index (χ2n) is 9.30. The van der Waals surface area contributed by atoms with Crippen LogP contribution < -0.4 is 10.9 Å². The van der Waals surface area contributed by atoms with Crippen molar-refractivity contribution in [3.63, 3.8) is 0 Å². The van der Waals surface area contributed by atoms with Gasteiger partial charge in [0.1, 0.15) is 12.1 Å². The number of benzene rings is 2. The lowest BCUT2D eigenvalue weighted by molar-refractivity contribution is -0.145. The van der Waals surface area contributed by atoms with Crippen LogP contribution in [-0.4, -0.2) is 45.4 Å². The highest BCUT2D eigenvalue weighted by Gasteiger charge is 2.23. The molecule has 1 heterocycles. The van der Waals surface area contributed by atoms with Crippen LogP contribution in [0.4, 0.5) is 10.5 Å². The molecule has 0 atom stereocenters. The van der Waals surface area contributed by atoms with E-state index in [1.54, 1.807) is 32.9 Å². The molecule has 9 nitrogen and oxygen atoms in total. The van der Waals surface area contributed by atoms with E-state index in [4.69, 9.17) is 21.2 Å². The van der Waals surface area contributed by atoms with Crippen molar-refractivity contribution in [2.24, 2.45) is 0 Å². The number of aromatic nitrogens is 2. The number of hydrogen-bond acceptors (Lipinski definition) is 6. The average molecular weight is 527 g/mol. The minimum Gasteiger partial charge on any atom is -0.442 e. The molecule has 10 heteroatoms. The molecule has 0 saturated carbocycles. The number of carbonyl (C=O) groups excluding carboxylic acids is 2. The van der Waals surface area contributed by atoms with E-state index in [0.717, 1.165) is 11.1 Å². The Morgan fingerprint density at radius 3 is 2.46 bits per heavy atom. The molecule has 0 bridgehead atoms. The maximum atomic E-state index is 12.7. The maximum absolute atomic E-state index is 12.7. The number of rotatable bonds is 10. The van der Waals surface area contributed by atoms with Gasteiger partial charge in [0.25, 0.3) is 5.56 Å². The Morgan fingerprint density at radius 2 is 1.78 bits per heavy atom. The van der Waals surface area contributed by atoms with Crippen molar-refractivity contribution < 1.29 is 19.2 Å². The van der Waals surface area contributed by atoms with Crippen LogP contribution in [0.15, 0.2) is 71.9 Å². The third kappa shape index (κ3) is 9.36. The van der Waals surface area contributed by atoms with Crippen molar-refractivity contribution in [3.8, 4) is 0 Å². The molecule has 3 aromatic rings. The van der Waals surface area contributed by atoms with E-state index in [0.29, 0.717) is 23.6 Å². The summed E-state index contributed by atoms with van der Waals surface area (Å²) in [4.78, 5) is 46.4. The van der Waals surface area contributed by atoms with Gasteiger partial charge in [-0.05, 0) is 62.9 Å². The highest BCUT2D eigenvalue weighted by molar-refractivity contribution is 6.31. The number of carbonyl (C=O) groups is 2. The molecule has 196 valence electrons. The zero-order valence-corrected chi connectivity index (χ0v) is 21.9. The Hall–Kier alpha value is -3.69. The second-order valence-corrected chi connectivity index (χ2v) is 9.71. The Kier molecular flexibility index (Phi) is 9.82. The molecule has 1 aromatic heterocycles. The van der Waals surface area contributed by atoms with Crippen molar-refractivity contribution in [1.29, 1.82) is 0 Å². The molecule has 37 heavy (non-hydrogen) atoms. The van der Waals surface area contributed by atoms with Crippen LogP contribution in [-0.2, 0) is 33.8 Å². The van der Waals surface area contributed by atoms with Crippen molar-refractivity contribution in [2.75, 3.05) is 18.5 Å². The molecule has 0 unspecified atom stereocenters. The van der Waals surface area contributed by atoms with Gasteiger partial charge in [-0.1, -0.05) is 41.9 Å². The van der Waals surface area contributed by atoms with E-state index in [9.17, 15) is 14.4 Å². The summed E-state index contributed by atoms with van der Waals surface area (Å²) in [5.41, 5.74) is 1.49. The Bertz CT molecular complexity index is 1250. The molecule has 0 aliphatic carbocycles. The summed E-state index contributed by atoms with van der Waals surface area (Å²) in [7, 11) is 0. The summed E-state index contributed by atoms with van der Waals surface area (Å²) in [5.74, 6) is -0.342. The number of anilines is 1. The highest BCUT2D eigenvalue weighted by atomic mass is 35.5. The summed E-state index contributed by atoms with van der Waals surface area (Å²) in [6.45, 7) is 5.78. The minimum atomic E-state index is -0.664. The molecule has 0 saturated heterocycles. The summed E-state index contributed by atoms with van der Waals surface area (Å²) >= 11 is 6.22. The normalized spacial score (nSPS) is 11.1. The van der Waals surface area contributed by atoms with Crippen molar-refractivity contribution in [3.05, 3.63) is 93.6 Å². The molecule has 0 fully saturated rings. The van der Waals surface area contributed by atoms with Gasteiger partial charge in [0.05, 0.1) is 19.5 Å². The van der Waals surface area contributed by atoms with Crippen LogP contribution in [0, 0.1) is 0 Å². The molecular weight excluding hydrogens is 496 g/mol. The third-order valence-electron chi connectivity index (χ3n) is 5.12. The molecule has 2 amide bonds. The standard InChI is InChI=1S/C27H31ClN4O5/c1-27(2,3)37-26(35)32(36-17-14-21-6-4-5-7-23(21)28)16-13-20-8-10-22(11-9-20)30-24(33)18-31-19-29-15-12-25(31)34/h4-12,15,19H,13-14,16-18H2,1-3H3,(H,30,33). The predicted molar refractivity (Wildman–Crippen MR) is 141 cm³/mol. The predicted octanol–water partition coefficient (Wildman–Crippen LogP) is 4.49. The van der Waals surface area contributed by atoms with Gasteiger partial charge in [0.2, 0.25) is 5.91 Å². The smallest absolute Gasteiger partial charge is 0.434 e. The van der Waals surface area contributed by atoms with Gasteiger partial charge in [-0.25, -0.2) is 9.78 Å². The Morgan fingerprint density at radius 1 is 1.05 bits per heavy atom. The molecule has 0 radical (unpaired) electrons. The number of nitrogens with zero attached hydrogens (tertiary/aromatic N) is 3. The van der Waals surface area contributed by atoms with E-state index >= 15 is 0 Å². The van der Waals surface area contributed by atoms with Gasteiger partial charge in [0, 0.05) is 23.0 Å². The number of hydrogen-bond donors (Lipinski definition) is 1. The van der Waals surface area contributed by atoms with Crippen LogP contribution in [0.25, 0.3) is 0 Å². The van der Waals surface area contributed by atoms with Crippen LogP contribution in [0.1, 0.15) is 31.9 Å². The molecule has 0 spiro atoms. The molecular formula is C27H31ClN4O5. The number of hydroxylamine groups is 2. The zero-order chi connectivity index (χ0) is 26.8. The van der Waals surface area contributed by atoms with Gasteiger partial charge >= 0.3 is 6.09 Å². The monoisotopic (exact) mass is 526 g/mol. The fourth-order valence-corrected chi connectivity index (χ4v) is 3.56. The quantitative estimate of drug-likeness (QED) is 0.390. The van der Waals surface area contributed by atoms with Crippen LogP contribution >= 0.6 is 11.6 Å². The third-order valence-corrected chi connectivity index (χ3v) is 5.49. The first kappa shape index (κ1) is 27.9. The van der Waals surface area contributed by atoms with Gasteiger partial charge < -0.3 is 10.1 Å². The maximum Gasteiger partial charge on any atom is 0.434 e. The molecule has 3 rings (SSSR count). The summed E-state index contributed by atoms with van der Waals surface area (Å²) < 4.78 is 6.72. The summed E-state index contributed by atoms with van der Waals surface area (Å²) in [5, 5.41) is 4.63. The van der Waals surface area contributed by atoms with Crippen molar-refractivity contribution in [2.45, 2.75) is 45.8 Å². The fraction of sp³-hybridized carbons (Fsp3) is 0.333. The number of amides is 2. The summed E-state index contributed by atoms with van der Waals surface area (Å²) in [6, 6.07) is 16.0. The molecule has 2 aromatic carbocycles. The van der Waals surface area contributed by atoms with Crippen molar-refractivity contribution in [1.82, 2.24) is 14.6 Å². The average Bonchev–Trinajstić information content (AvgIpc) is 2.83. The number of ether oxygens (including phenoxy) is 1. The number of halogens is 1. The largest absolute Gasteiger partial charge is 0.442 e. The lowest BCUT2D eigenvalue weighted by Crippen LogP contribution is -2.38. The molecule has 0 aliphatic heterocycles. The first-order chi connectivity index (χ1) is 17.6. The SMILES string of the molecule is CC(C)(C)OC(=O)N(CCc1ccc(NC(=O)Cn2cnccc2=O)cc1)OCCc1ccccc1Cl. The topological polar surface area (TPSA) is 103 Å². The lowest BCUT2D eigenvalue weighted by atomic mass is 10.1. The lowest BCUT2D eigenvalue weighted by Gasteiger charge is -2.26. The molecule has 0 aliphatic rings. The van der Waals surface area contributed by atoms with Crippen LogP contribution in [0.5, 0.6) is 0 Å². The fourth-order valence-electron chi connectivity index (χ4n) is 3.33. The second kappa shape index (κ2) is 13.0. The Labute approximate surface area is 220 Å². The van der Waals surface area contributed by atoms with Crippen LogP contribution in [0.3, 0.4) is 0 Å². The first-order valence-electron chi connectivity index (χ1n) is 11.9. The first-order valence-corrected chi connectivity index (χ1v) is 12.2. The van der Waals surface area contributed by atoms with Crippen molar-refractivity contribution >= 4 is 29.3 Å². The van der Waals surface area contributed by atoms with Gasteiger partial charge in [-0.3, -0.25) is 19.0 Å². The van der Waals surface area contributed by atoms with E-state index in [-0.39, 0.29) is 31.2 Å². The van der Waals surface area contributed by atoms with E-state index in [2.05, 4.69) is 10.3 Å². The van der Waals surface area contributed by atoms with Gasteiger partial charge in [-0.2, -0.15) is 5.06 Å². The van der Waals surface area contributed by atoms with E-state index in [1.807, 2.05) is 36.4 Å². The van der Waals surface area contributed by atoms with E-state index in [1.165, 1.54) is 28.2 Å². The molecule has 1 N–H and O–H groups in total. The Balaban J connectivity index is 1.56. The summed E-state index contributed by atoms with van der Waals surface area (Å²) in [6.07, 6.45) is 3.17. The minimum absolute atomic E-state index is 0.134. The van der Waals surface area contributed by atoms with Crippen LogP contribution in [0.2, 0.25) is 5.02 Å². The van der Waals surface area contributed by atoms with Gasteiger partial charge in [-0.15, -0.1) is 0 Å². The van der Waals surface area contributed by atoms with E-state index < -0.39 is 11.7 Å². The highest BCUT2D eigenvalue weighted by Crippen LogP contribution is 2.17. The zero-order valence-electron chi connectivity index (χ0n) is 21.1.